The highest BCUT2D eigenvalue weighted by Gasteiger charge is 2.25. The minimum Gasteiger partial charge on any atom is -0.237 e. The fourth-order valence-corrected chi connectivity index (χ4v) is 9.78. The lowest BCUT2D eigenvalue weighted by Crippen LogP contribution is -2.33. The van der Waals surface area contributed by atoms with E-state index in [1.165, 1.54) is 99.7 Å². The molecule has 7 nitrogen and oxygen atoms in total. The van der Waals surface area contributed by atoms with Crippen LogP contribution in [0.25, 0.3) is 83.0 Å². The molecule has 0 saturated heterocycles. The van der Waals surface area contributed by atoms with E-state index < -0.39 is 0 Å². The molecular formula is C75H108N7+3. The monoisotopic (exact) mass is 1110 g/mol. The number of nitrogens with zero attached hydrogens (tertiary/aromatic N) is 7. The van der Waals surface area contributed by atoms with Gasteiger partial charge in [0.05, 0.1) is 57.9 Å². The maximum absolute atomic E-state index is 2.39. The molecule has 0 unspecified atom stereocenters. The van der Waals surface area contributed by atoms with Crippen LogP contribution in [0.1, 0.15) is 148 Å². The summed E-state index contributed by atoms with van der Waals surface area (Å²) in [5.74, 6) is 2.38. The largest absolute Gasteiger partial charge is 0.369 e. The van der Waals surface area contributed by atoms with Crippen molar-refractivity contribution >= 4 is 65.5 Å². The highest BCUT2D eigenvalue weighted by molar-refractivity contribution is 6.11. The molecule has 12 rings (SSSR count). The number of aryl methyl sites for hydroxylation is 7. The van der Waals surface area contributed by atoms with Crippen molar-refractivity contribution in [3.63, 3.8) is 0 Å². The van der Waals surface area contributed by atoms with Gasteiger partial charge >= 0.3 is 5.95 Å². The van der Waals surface area contributed by atoms with Crippen LogP contribution in [0.15, 0.2) is 189 Å². The number of hydrogen-bond donors (Lipinski definition) is 0. The van der Waals surface area contributed by atoms with Crippen molar-refractivity contribution < 1.29 is 13.7 Å². The molecule has 82 heavy (non-hydrogen) atoms. The van der Waals surface area contributed by atoms with Gasteiger partial charge in [0.2, 0.25) is 0 Å². The highest BCUT2D eigenvalue weighted by Crippen LogP contribution is 2.35. The van der Waals surface area contributed by atoms with Crippen molar-refractivity contribution in [2.24, 2.45) is 21.1 Å². The summed E-state index contributed by atoms with van der Waals surface area (Å²) in [5, 5.41) is 7.84. The molecule has 6 heterocycles. The fourth-order valence-electron chi connectivity index (χ4n) is 9.78. The molecular weight excluding hydrogens is 999 g/mol. The zero-order valence-electron chi connectivity index (χ0n) is 55.7. The molecule has 12 aromatic rings. The molecule has 0 saturated carbocycles. The third-order valence-corrected chi connectivity index (χ3v) is 12.8. The molecule has 0 amide bonds. The van der Waals surface area contributed by atoms with Gasteiger partial charge in [-0.2, -0.15) is 13.7 Å². The number of aromatic nitrogens is 7. The summed E-state index contributed by atoms with van der Waals surface area (Å²) in [7, 11) is 6.31. The molecule has 0 aliphatic rings. The van der Waals surface area contributed by atoms with Gasteiger partial charge in [-0.1, -0.05) is 222 Å². The van der Waals surface area contributed by atoms with Crippen molar-refractivity contribution in [3.05, 3.63) is 205 Å². The SMILES string of the molecule is CC.CC.CC.CC.CC.CC.CC.CC.CC.CCn1cc[n+](C)c1-n1c2ccccc2c2cccc(C)c21.Cc1cccc2c3ccccc3n(-c3cccc[n+]3C)c12.Cc1ccccc1-n1c2ccccc2c2ccc[n+](C)c21. The first-order valence-corrected chi connectivity index (χ1v) is 31.2. The van der Waals surface area contributed by atoms with E-state index in [1.807, 2.05) is 125 Å². The molecule has 0 aliphatic carbocycles. The lowest BCUT2D eigenvalue weighted by molar-refractivity contribution is -0.665. The Morgan fingerprint density at radius 3 is 1.18 bits per heavy atom. The first-order chi connectivity index (χ1) is 40.3. The summed E-state index contributed by atoms with van der Waals surface area (Å²) in [6.45, 7) is 45.7. The van der Waals surface area contributed by atoms with Gasteiger partial charge in [-0.3, -0.25) is 0 Å². The maximum atomic E-state index is 2.39. The van der Waals surface area contributed by atoms with Gasteiger partial charge in [0.25, 0.3) is 11.5 Å². The molecule has 440 valence electrons. The number of hydrogen-bond acceptors (Lipinski definition) is 0. The van der Waals surface area contributed by atoms with Crippen molar-refractivity contribution in [2.75, 3.05) is 0 Å². The first kappa shape index (κ1) is 72.2. The van der Waals surface area contributed by atoms with E-state index in [1.54, 1.807) is 0 Å². The molecule has 0 bridgehead atoms. The Morgan fingerprint density at radius 2 is 0.695 bits per heavy atom. The Morgan fingerprint density at radius 1 is 0.317 bits per heavy atom. The summed E-state index contributed by atoms with van der Waals surface area (Å²) in [5.41, 5.74) is 12.7. The van der Waals surface area contributed by atoms with E-state index in [9.17, 15) is 0 Å². The Bertz CT molecular complexity index is 3530. The Labute approximate surface area is 497 Å². The molecule has 0 radical (unpaired) electrons. The van der Waals surface area contributed by atoms with Crippen LogP contribution in [0, 0.1) is 20.8 Å². The third kappa shape index (κ3) is 15.8. The molecule has 0 aliphatic heterocycles. The van der Waals surface area contributed by atoms with Crippen molar-refractivity contribution in [2.45, 2.75) is 159 Å². The number of imidazole rings is 1. The number of pyridine rings is 2. The molecule has 7 heteroatoms. The second-order valence-corrected chi connectivity index (χ2v) is 16.8. The maximum Gasteiger partial charge on any atom is 0.369 e. The van der Waals surface area contributed by atoms with Gasteiger partial charge < -0.3 is 0 Å². The van der Waals surface area contributed by atoms with Gasteiger partial charge in [-0.05, 0) is 105 Å². The number of para-hydroxylation sites is 6. The zero-order chi connectivity index (χ0) is 62.1. The summed E-state index contributed by atoms with van der Waals surface area (Å²) < 4.78 is 16.0. The first-order valence-electron chi connectivity index (χ1n) is 31.2. The van der Waals surface area contributed by atoms with E-state index in [-0.39, 0.29) is 0 Å². The zero-order valence-corrected chi connectivity index (χ0v) is 55.7. The third-order valence-electron chi connectivity index (χ3n) is 12.8. The Balaban J connectivity index is 0.000000540. The standard InChI is InChI=1S/C19H20N3.2C19H17N2.9C2H6/c1-4-21-13-12-20(3)19(21)22-17-11-6-5-9-15(17)16-10-7-8-14(2)18(16)22;1-14-8-3-5-11-17(14)21-18-12-6-4-9-15(18)16-10-7-13-20(2)19(16)21;1-14-8-7-10-16-15-9-3-4-11-17(15)21(19(14)16)18-12-5-6-13-20(18)2;9*1-2/h5-13H,4H2,1-3H3;2*3-13H,1-2H3;9*1-2H3/q3*+1;;;;;;;;;. The van der Waals surface area contributed by atoms with Crippen LogP contribution >= 0.6 is 0 Å². The normalized spacial score (nSPS) is 9.57. The smallest absolute Gasteiger partial charge is 0.237 e. The van der Waals surface area contributed by atoms with Gasteiger partial charge in [-0.15, -0.1) is 0 Å². The number of benzene rings is 6. The Hall–Kier alpha value is -7.77. The van der Waals surface area contributed by atoms with Crippen molar-refractivity contribution in [1.82, 2.24) is 18.3 Å². The van der Waals surface area contributed by atoms with E-state index in [4.69, 9.17) is 0 Å². The molecule has 0 N–H and O–H groups in total. The van der Waals surface area contributed by atoms with Crippen LogP contribution in [0.5, 0.6) is 0 Å². The van der Waals surface area contributed by atoms with E-state index in [0.29, 0.717) is 0 Å². The number of fused-ring (bicyclic) bond motifs is 9. The summed E-state index contributed by atoms with van der Waals surface area (Å²) >= 11 is 0. The van der Waals surface area contributed by atoms with Gasteiger partial charge in [0, 0.05) is 33.0 Å². The predicted octanol–water partition coefficient (Wildman–Crippen LogP) is 20.8. The fraction of sp³-hybridized carbons (Fsp3) is 0.347. The second kappa shape index (κ2) is 38.8. The van der Waals surface area contributed by atoms with E-state index in [0.717, 1.165) is 6.54 Å². The molecule has 0 atom stereocenters. The minimum absolute atomic E-state index is 0.954. The average molecular weight is 1110 g/mol. The van der Waals surface area contributed by atoms with Crippen LogP contribution in [0.2, 0.25) is 0 Å². The topological polar surface area (TPSA) is 31.4 Å². The lowest BCUT2D eigenvalue weighted by atomic mass is 10.1. The van der Waals surface area contributed by atoms with Gasteiger partial charge in [0.15, 0.2) is 0 Å². The van der Waals surface area contributed by atoms with Gasteiger partial charge in [-0.25, -0.2) is 18.3 Å². The summed E-state index contributed by atoms with van der Waals surface area (Å²) in [6.07, 6.45) is 8.47. The molecule has 0 fully saturated rings. The Kier molecular flexibility index (Phi) is 34.2. The quantitative estimate of drug-likeness (QED) is 0.157. The van der Waals surface area contributed by atoms with Gasteiger partial charge in [0.1, 0.15) is 33.3 Å². The van der Waals surface area contributed by atoms with Crippen molar-refractivity contribution in [1.29, 1.82) is 0 Å². The second-order valence-electron chi connectivity index (χ2n) is 16.8. The highest BCUT2D eigenvalue weighted by atomic mass is 15.3. The van der Waals surface area contributed by atoms with E-state index >= 15 is 0 Å². The number of rotatable bonds is 4. The van der Waals surface area contributed by atoms with Crippen LogP contribution in [-0.4, -0.2) is 18.3 Å². The summed E-state index contributed by atoms with van der Waals surface area (Å²) in [4.78, 5) is 0. The minimum atomic E-state index is 0.954. The average Bonchev–Trinajstić information content (AvgIpc) is 4.45. The van der Waals surface area contributed by atoms with Crippen LogP contribution in [-0.2, 0) is 27.7 Å². The van der Waals surface area contributed by atoms with Crippen LogP contribution < -0.4 is 13.7 Å². The molecule has 0 spiro atoms. The lowest BCUT2D eigenvalue weighted by Gasteiger charge is -2.05. The van der Waals surface area contributed by atoms with Crippen LogP contribution in [0.4, 0.5) is 0 Å². The van der Waals surface area contributed by atoms with Crippen LogP contribution in [0.3, 0.4) is 0 Å². The predicted molar refractivity (Wildman–Crippen MR) is 366 cm³/mol. The molecule has 6 aromatic carbocycles. The molecule has 6 aromatic heterocycles. The summed E-state index contributed by atoms with van der Waals surface area (Å²) in [6, 6.07) is 58.2. The van der Waals surface area contributed by atoms with E-state index in [2.05, 4.69) is 269 Å². The van der Waals surface area contributed by atoms with Crippen molar-refractivity contribution in [3.8, 4) is 17.5 Å².